The lowest BCUT2D eigenvalue weighted by Gasteiger charge is -2.21. The number of rotatable bonds is 8. The van der Waals surface area contributed by atoms with E-state index in [9.17, 15) is 13.2 Å². The molecule has 1 unspecified atom stereocenters. The summed E-state index contributed by atoms with van der Waals surface area (Å²) >= 11 is 0. The van der Waals surface area contributed by atoms with Gasteiger partial charge in [-0.3, -0.25) is 19.5 Å². The Morgan fingerprint density at radius 3 is 2.57 bits per heavy atom. The second-order valence-electron chi connectivity index (χ2n) is 8.68. The zero-order valence-corrected chi connectivity index (χ0v) is 20.6. The quantitative estimate of drug-likeness (QED) is 0.499. The number of nitrogens with one attached hydrogen (secondary N) is 2. The van der Waals surface area contributed by atoms with Gasteiger partial charge < -0.3 is 10.1 Å². The van der Waals surface area contributed by atoms with Crippen LogP contribution in [0.1, 0.15) is 43.6 Å². The third kappa shape index (κ3) is 5.68. The van der Waals surface area contributed by atoms with Crippen LogP contribution in [-0.2, 0) is 21.4 Å². The number of benzene rings is 2. The van der Waals surface area contributed by atoms with Crippen LogP contribution in [0.4, 0.5) is 0 Å². The van der Waals surface area contributed by atoms with Gasteiger partial charge in [0.1, 0.15) is 24.2 Å². The number of pyridine rings is 1. The van der Waals surface area contributed by atoms with Gasteiger partial charge in [0.15, 0.2) is 0 Å². The van der Waals surface area contributed by atoms with Gasteiger partial charge in [0.05, 0.1) is 16.6 Å². The van der Waals surface area contributed by atoms with E-state index < -0.39 is 16.1 Å². The maximum absolute atomic E-state index is 13.2. The van der Waals surface area contributed by atoms with E-state index in [1.54, 1.807) is 24.4 Å². The molecule has 2 aromatic carbocycles. The molecule has 0 saturated carbocycles. The van der Waals surface area contributed by atoms with Crippen LogP contribution in [0.2, 0.25) is 0 Å². The van der Waals surface area contributed by atoms with Gasteiger partial charge in [0.2, 0.25) is 5.91 Å². The van der Waals surface area contributed by atoms with Crippen LogP contribution in [0.15, 0.2) is 82.8 Å². The minimum Gasteiger partial charge on any atom is -0.487 e. The van der Waals surface area contributed by atoms with Crippen molar-refractivity contribution in [2.24, 2.45) is 10.9 Å². The van der Waals surface area contributed by atoms with E-state index in [1.165, 1.54) is 6.07 Å². The smallest absolute Gasteiger partial charge is 0.263 e. The molecule has 0 bridgehead atoms. The molecule has 2 heterocycles. The summed E-state index contributed by atoms with van der Waals surface area (Å²) in [5.41, 5.74) is 2.16. The Labute approximate surface area is 205 Å². The van der Waals surface area contributed by atoms with Crippen molar-refractivity contribution in [1.82, 2.24) is 15.0 Å². The lowest BCUT2D eigenvalue weighted by atomic mass is 10.0. The SMILES string of the molecule is CC(NC(=O)[C@@H](N=C1NS(=O)(=O)c2ccccc21)C(C)C)c1cccc(OCc2ccccn2)c1. The predicted molar refractivity (Wildman–Crippen MR) is 133 cm³/mol. The van der Waals surface area contributed by atoms with Crippen molar-refractivity contribution in [3.8, 4) is 5.75 Å². The molecule has 1 aliphatic heterocycles. The molecular formula is C26H28N4O4S. The average molecular weight is 493 g/mol. The molecule has 2 atom stereocenters. The van der Waals surface area contributed by atoms with Crippen LogP contribution in [0, 0.1) is 5.92 Å². The largest absolute Gasteiger partial charge is 0.487 e. The number of nitrogens with zero attached hydrogens (tertiary/aromatic N) is 2. The Kier molecular flexibility index (Phi) is 7.16. The van der Waals surface area contributed by atoms with E-state index in [4.69, 9.17) is 4.74 Å². The Morgan fingerprint density at radius 2 is 1.83 bits per heavy atom. The van der Waals surface area contributed by atoms with Crippen molar-refractivity contribution in [3.05, 3.63) is 89.7 Å². The molecule has 9 heteroatoms. The predicted octanol–water partition coefficient (Wildman–Crippen LogP) is 3.60. The normalized spacial score (nSPS) is 16.9. The lowest BCUT2D eigenvalue weighted by molar-refractivity contribution is -0.123. The van der Waals surface area contributed by atoms with Crippen molar-refractivity contribution in [2.45, 2.75) is 44.4 Å². The molecule has 3 aromatic rings. The number of sulfonamides is 1. The van der Waals surface area contributed by atoms with Crippen LogP contribution in [0.3, 0.4) is 0 Å². The maximum Gasteiger partial charge on any atom is 0.263 e. The van der Waals surface area contributed by atoms with Crippen molar-refractivity contribution >= 4 is 21.8 Å². The van der Waals surface area contributed by atoms with E-state index in [1.807, 2.05) is 63.2 Å². The number of hydrogen-bond donors (Lipinski definition) is 2. The third-order valence-corrected chi connectivity index (χ3v) is 7.06. The minimum absolute atomic E-state index is 0.153. The van der Waals surface area contributed by atoms with Gasteiger partial charge in [-0.2, -0.15) is 0 Å². The molecule has 0 fully saturated rings. The molecule has 2 N–H and O–H groups in total. The molecule has 35 heavy (non-hydrogen) atoms. The third-order valence-electron chi connectivity index (χ3n) is 5.66. The topological polar surface area (TPSA) is 110 Å². The first-order valence-electron chi connectivity index (χ1n) is 11.4. The van der Waals surface area contributed by atoms with E-state index in [-0.39, 0.29) is 28.6 Å². The van der Waals surface area contributed by atoms with Crippen LogP contribution in [0.5, 0.6) is 5.75 Å². The highest BCUT2D eigenvalue weighted by Crippen LogP contribution is 2.24. The van der Waals surface area contributed by atoms with Gasteiger partial charge in [-0.25, -0.2) is 8.42 Å². The van der Waals surface area contributed by atoms with Gasteiger partial charge in [-0.05, 0) is 54.8 Å². The number of carbonyl (C=O) groups is 1. The van der Waals surface area contributed by atoms with Gasteiger partial charge in [0, 0.05) is 11.8 Å². The van der Waals surface area contributed by atoms with Gasteiger partial charge in [-0.15, -0.1) is 0 Å². The fraction of sp³-hybridized carbons (Fsp3) is 0.269. The van der Waals surface area contributed by atoms with Gasteiger partial charge in [-0.1, -0.05) is 44.2 Å². The summed E-state index contributed by atoms with van der Waals surface area (Å²) in [6.45, 7) is 5.98. The van der Waals surface area contributed by atoms with Crippen LogP contribution >= 0.6 is 0 Å². The van der Waals surface area contributed by atoms with Gasteiger partial charge in [0.25, 0.3) is 10.0 Å². The molecule has 182 valence electrons. The number of fused-ring (bicyclic) bond motifs is 1. The molecule has 0 saturated heterocycles. The second kappa shape index (κ2) is 10.3. The number of aromatic nitrogens is 1. The highest BCUT2D eigenvalue weighted by molar-refractivity contribution is 7.90. The van der Waals surface area contributed by atoms with Crippen molar-refractivity contribution in [2.75, 3.05) is 0 Å². The highest BCUT2D eigenvalue weighted by atomic mass is 32.2. The number of amidine groups is 1. The number of aliphatic imine (C=N–C) groups is 1. The van der Waals surface area contributed by atoms with Crippen molar-refractivity contribution < 1.29 is 17.9 Å². The average Bonchev–Trinajstić information content (AvgIpc) is 3.11. The first-order valence-corrected chi connectivity index (χ1v) is 12.9. The summed E-state index contributed by atoms with van der Waals surface area (Å²) in [5, 5.41) is 3.01. The summed E-state index contributed by atoms with van der Waals surface area (Å²) in [5.74, 6) is 0.419. The Morgan fingerprint density at radius 1 is 1.06 bits per heavy atom. The number of ether oxygens (including phenoxy) is 1. The summed E-state index contributed by atoms with van der Waals surface area (Å²) in [6.07, 6.45) is 1.72. The van der Waals surface area contributed by atoms with E-state index in [2.05, 4.69) is 20.0 Å². The molecule has 1 amide bonds. The highest BCUT2D eigenvalue weighted by Gasteiger charge is 2.32. The van der Waals surface area contributed by atoms with Crippen LogP contribution in [-0.4, -0.2) is 31.2 Å². The van der Waals surface area contributed by atoms with Gasteiger partial charge >= 0.3 is 0 Å². The minimum atomic E-state index is -3.68. The second-order valence-corrected chi connectivity index (χ2v) is 10.3. The Bertz CT molecular complexity index is 1340. The zero-order chi connectivity index (χ0) is 25.0. The summed E-state index contributed by atoms with van der Waals surface area (Å²) < 4.78 is 33.2. The first kappa shape index (κ1) is 24.4. The lowest BCUT2D eigenvalue weighted by Crippen LogP contribution is -2.39. The fourth-order valence-electron chi connectivity index (χ4n) is 3.78. The van der Waals surface area contributed by atoms with Crippen LogP contribution < -0.4 is 14.8 Å². The first-order chi connectivity index (χ1) is 16.7. The number of hydrogen-bond acceptors (Lipinski definition) is 6. The Hall–Kier alpha value is -3.72. The monoisotopic (exact) mass is 492 g/mol. The molecule has 8 nitrogen and oxygen atoms in total. The Balaban J connectivity index is 1.47. The number of amides is 1. The zero-order valence-electron chi connectivity index (χ0n) is 19.8. The molecule has 4 rings (SSSR count). The standard InChI is InChI=1S/C26H28N4O4S/c1-17(2)24(29-25-22-12-4-5-13-23(22)35(32,33)30-25)26(31)28-18(3)19-9-8-11-21(15-19)34-16-20-10-6-7-14-27-20/h4-15,17-18,24H,16H2,1-3H3,(H,28,31)(H,29,30)/t18?,24-/m0/s1. The molecular weight excluding hydrogens is 464 g/mol. The summed E-state index contributed by atoms with van der Waals surface area (Å²) in [7, 11) is -3.68. The van der Waals surface area contributed by atoms with E-state index in [0.29, 0.717) is 17.9 Å². The summed E-state index contributed by atoms with van der Waals surface area (Å²) in [4.78, 5) is 22.1. The molecule has 1 aromatic heterocycles. The molecule has 1 aliphatic rings. The molecule has 0 spiro atoms. The molecule has 0 aliphatic carbocycles. The van der Waals surface area contributed by atoms with Crippen molar-refractivity contribution in [1.29, 1.82) is 0 Å². The van der Waals surface area contributed by atoms with E-state index in [0.717, 1.165) is 11.3 Å². The fourth-order valence-corrected chi connectivity index (χ4v) is 5.01. The van der Waals surface area contributed by atoms with Crippen molar-refractivity contribution in [3.63, 3.8) is 0 Å². The van der Waals surface area contributed by atoms with E-state index >= 15 is 0 Å². The molecule has 0 radical (unpaired) electrons. The van der Waals surface area contributed by atoms with Crippen LogP contribution in [0.25, 0.3) is 0 Å². The maximum atomic E-state index is 13.2. The summed E-state index contributed by atoms with van der Waals surface area (Å²) in [6, 6.07) is 18.7. The number of carbonyl (C=O) groups excluding carboxylic acids is 1.